The average Bonchev–Trinajstić information content (AvgIpc) is 2.72. The maximum absolute atomic E-state index is 5.99. The minimum atomic E-state index is 0.708. The highest BCUT2D eigenvalue weighted by Crippen LogP contribution is 2.32. The summed E-state index contributed by atoms with van der Waals surface area (Å²) in [6.45, 7) is 3.29. The summed E-state index contributed by atoms with van der Waals surface area (Å²) in [5.74, 6) is 0.890. The maximum Gasteiger partial charge on any atom is 0.107 e. The molecule has 1 nitrogen and oxygen atoms in total. The van der Waals surface area contributed by atoms with Gasteiger partial charge in [0.25, 0.3) is 0 Å². The van der Waals surface area contributed by atoms with Gasteiger partial charge in [-0.15, -0.1) is 11.3 Å². The number of nitrogens with one attached hydrogen (secondary N) is 1. The summed E-state index contributed by atoms with van der Waals surface area (Å²) < 4.78 is 1.87. The van der Waals surface area contributed by atoms with Crippen molar-refractivity contribution in [3.05, 3.63) is 19.8 Å². The van der Waals surface area contributed by atoms with E-state index in [0.29, 0.717) is 6.04 Å². The van der Waals surface area contributed by atoms with Gasteiger partial charge in [-0.1, -0.05) is 18.5 Å². The smallest absolute Gasteiger partial charge is 0.107 e. The number of hydrogen-bond acceptors (Lipinski definition) is 2. The molecule has 1 aliphatic carbocycles. The van der Waals surface area contributed by atoms with Crippen LogP contribution in [0.15, 0.2) is 10.5 Å². The number of thiophene rings is 1. The first kappa shape index (κ1) is 11.9. The van der Waals surface area contributed by atoms with Crippen LogP contribution in [-0.2, 0) is 6.54 Å². The van der Waals surface area contributed by atoms with Crippen molar-refractivity contribution in [3.63, 3.8) is 0 Å². The lowest BCUT2D eigenvalue weighted by atomic mass is 10.1. The molecule has 2 rings (SSSR count). The Morgan fingerprint density at radius 1 is 1.60 bits per heavy atom. The van der Waals surface area contributed by atoms with Gasteiger partial charge >= 0.3 is 0 Å². The molecule has 4 heteroatoms. The summed E-state index contributed by atoms with van der Waals surface area (Å²) >= 11 is 11.1. The molecule has 0 aliphatic heterocycles. The van der Waals surface area contributed by atoms with Crippen LogP contribution in [0.2, 0.25) is 4.34 Å². The highest BCUT2D eigenvalue weighted by molar-refractivity contribution is 9.10. The van der Waals surface area contributed by atoms with Gasteiger partial charge in [0, 0.05) is 21.9 Å². The largest absolute Gasteiger partial charge is 0.309 e. The fourth-order valence-corrected chi connectivity index (χ4v) is 3.86. The zero-order chi connectivity index (χ0) is 10.8. The minimum absolute atomic E-state index is 0.708. The minimum Gasteiger partial charge on any atom is -0.309 e. The van der Waals surface area contributed by atoms with Crippen molar-refractivity contribution in [2.45, 2.75) is 38.8 Å². The molecule has 1 aromatic rings. The van der Waals surface area contributed by atoms with E-state index in [9.17, 15) is 0 Å². The molecule has 0 saturated heterocycles. The van der Waals surface area contributed by atoms with Gasteiger partial charge < -0.3 is 5.32 Å². The number of hydrogen-bond donors (Lipinski definition) is 1. The molecule has 0 bridgehead atoms. The van der Waals surface area contributed by atoms with E-state index in [4.69, 9.17) is 11.6 Å². The Kier molecular flexibility index (Phi) is 4.10. The van der Waals surface area contributed by atoms with Crippen molar-refractivity contribution >= 4 is 38.9 Å². The number of rotatable bonds is 3. The predicted molar refractivity (Wildman–Crippen MR) is 70.7 cm³/mol. The first-order valence-electron chi connectivity index (χ1n) is 5.32. The van der Waals surface area contributed by atoms with Crippen molar-refractivity contribution in [2.24, 2.45) is 5.92 Å². The topological polar surface area (TPSA) is 12.0 Å². The lowest BCUT2D eigenvalue weighted by Crippen LogP contribution is -2.25. The molecule has 1 aliphatic rings. The summed E-state index contributed by atoms with van der Waals surface area (Å²) in [6.07, 6.45) is 4.01. The SMILES string of the molecule is CC1CCC(NCc2cc(Br)c(Cl)s2)C1. The van der Waals surface area contributed by atoms with E-state index < -0.39 is 0 Å². The van der Waals surface area contributed by atoms with Gasteiger partial charge in [0.1, 0.15) is 4.34 Å². The molecule has 84 valence electrons. The quantitative estimate of drug-likeness (QED) is 0.870. The second kappa shape index (κ2) is 5.17. The van der Waals surface area contributed by atoms with Crippen LogP contribution in [0.3, 0.4) is 0 Å². The highest BCUT2D eigenvalue weighted by Gasteiger charge is 2.20. The molecular weight excluding hydrogens is 294 g/mol. The van der Waals surface area contributed by atoms with Gasteiger partial charge in [0.15, 0.2) is 0 Å². The van der Waals surface area contributed by atoms with Crippen molar-refractivity contribution in [2.75, 3.05) is 0 Å². The van der Waals surface area contributed by atoms with Crippen molar-refractivity contribution in [1.29, 1.82) is 0 Å². The molecule has 2 atom stereocenters. The predicted octanol–water partition coefficient (Wildman–Crippen LogP) is 4.44. The van der Waals surface area contributed by atoms with Crippen LogP contribution in [0.5, 0.6) is 0 Å². The summed E-state index contributed by atoms with van der Waals surface area (Å²) in [5.41, 5.74) is 0. The lowest BCUT2D eigenvalue weighted by Gasteiger charge is -2.10. The molecular formula is C11H15BrClNS. The molecule has 1 aromatic heterocycles. The fourth-order valence-electron chi connectivity index (χ4n) is 2.12. The lowest BCUT2D eigenvalue weighted by molar-refractivity contribution is 0.504. The van der Waals surface area contributed by atoms with Crippen molar-refractivity contribution in [1.82, 2.24) is 5.32 Å². The Hall–Kier alpha value is 0.430. The molecule has 0 radical (unpaired) electrons. The Balaban J connectivity index is 1.83. The first-order chi connectivity index (χ1) is 7.15. The normalized spacial score (nSPS) is 26.1. The van der Waals surface area contributed by atoms with Gasteiger partial charge in [-0.25, -0.2) is 0 Å². The van der Waals surface area contributed by atoms with Gasteiger partial charge in [-0.3, -0.25) is 0 Å². The highest BCUT2D eigenvalue weighted by atomic mass is 79.9. The third kappa shape index (κ3) is 3.19. The summed E-state index contributed by atoms with van der Waals surface area (Å²) in [4.78, 5) is 1.31. The van der Waals surface area contributed by atoms with Crippen LogP contribution >= 0.6 is 38.9 Å². The van der Waals surface area contributed by atoms with Crippen LogP contribution < -0.4 is 5.32 Å². The number of halogens is 2. The van der Waals surface area contributed by atoms with E-state index in [1.165, 1.54) is 24.1 Å². The third-order valence-corrected chi connectivity index (χ3v) is 5.43. The van der Waals surface area contributed by atoms with Gasteiger partial charge in [0.05, 0.1) is 0 Å². The molecule has 0 aromatic carbocycles. The van der Waals surface area contributed by atoms with Crippen molar-refractivity contribution < 1.29 is 0 Å². The van der Waals surface area contributed by atoms with E-state index in [0.717, 1.165) is 21.3 Å². The third-order valence-electron chi connectivity index (χ3n) is 2.96. The average molecular weight is 309 g/mol. The summed E-state index contributed by atoms with van der Waals surface area (Å²) in [5, 5.41) is 3.60. The molecule has 0 amide bonds. The fraction of sp³-hybridized carbons (Fsp3) is 0.636. The molecule has 1 heterocycles. The van der Waals surface area contributed by atoms with Crippen LogP contribution in [-0.4, -0.2) is 6.04 Å². The Bertz CT molecular complexity index is 320. The Morgan fingerprint density at radius 2 is 2.40 bits per heavy atom. The second-order valence-electron chi connectivity index (χ2n) is 4.33. The van der Waals surface area contributed by atoms with E-state index >= 15 is 0 Å². The summed E-state index contributed by atoms with van der Waals surface area (Å²) in [6, 6.07) is 2.82. The molecule has 15 heavy (non-hydrogen) atoms. The Morgan fingerprint density at radius 3 is 2.93 bits per heavy atom. The van der Waals surface area contributed by atoms with Crippen LogP contribution in [0.4, 0.5) is 0 Å². The van der Waals surface area contributed by atoms with Crippen molar-refractivity contribution in [3.8, 4) is 0 Å². The molecule has 0 spiro atoms. The van der Waals surface area contributed by atoms with Gasteiger partial charge in [0.2, 0.25) is 0 Å². The standard InChI is InChI=1S/C11H15BrClNS/c1-7-2-3-8(4-7)14-6-9-5-10(12)11(13)15-9/h5,7-8,14H,2-4,6H2,1H3. The summed E-state index contributed by atoms with van der Waals surface area (Å²) in [7, 11) is 0. The molecule has 1 saturated carbocycles. The van der Waals surface area contributed by atoms with Gasteiger partial charge in [-0.2, -0.15) is 0 Å². The first-order valence-corrected chi connectivity index (χ1v) is 7.31. The zero-order valence-corrected chi connectivity index (χ0v) is 11.9. The molecule has 1 fully saturated rings. The van der Waals surface area contributed by atoms with E-state index in [-0.39, 0.29) is 0 Å². The van der Waals surface area contributed by atoms with E-state index in [2.05, 4.69) is 34.2 Å². The van der Waals surface area contributed by atoms with Crippen LogP contribution in [0.25, 0.3) is 0 Å². The monoisotopic (exact) mass is 307 g/mol. The maximum atomic E-state index is 5.99. The zero-order valence-electron chi connectivity index (χ0n) is 8.72. The molecule has 2 unspecified atom stereocenters. The van der Waals surface area contributed by atoms with Gasteiger partial charge in [-0.05, 0) is 47.2 Å². The second-order valence-corrected chi connectivity index (χ2v) is 6.92. The molecule has 1 N–H and O–H groups in total. The van der Waals surface area contributed by atoms with E-state index in [1.54, 1.807) is 11.3 Å². The van der Waals surface area contributed by atoms with E-state index in [1.807, 2.05) is 0 Å². The van der Waals surface area contributed by atoms with Crippen LogP contribution in [0, 0.1) is 5.92 Å². The Labute approximate surface area is 108 Å². The van der Waals surface area contributed by atoms with Crippen LogP contribution in [0.1, 0.15) is 31.1 Å².